The average Bonchev–Trinajstić information content (AvgIpc) is 2.52. The van der Waals surface area contributed by atoms with E-state index in [2.05, 4.69) is 13.8 Å². The van der Waals surface area contributed by atoms with Gasteiger partial charge in [0.25, 0.3) is 0 Å². The maximum Gasteiger partial charge on any atom is 0.306 e. The first-order chi connectivity index (χ1) is 12.2. The fourth-order valence-corrected chi connectivity index (χ4v) is 3.85. The van der Waals surface area contributed by atoms with Crippen LogP contribution in [-0.2, 0) is 9.53 Å². The summed E-state index contributed by atoms with van der Waals surface area (Å²) in [5.41, 5.74) is 0.595. The Hall–Kier alpha value is -0.860. The Labute approximate surface area is 161 Å². The zero-order valence-corrected chi connectivity index (χ0v) is 17.8. The summed E-state index contributed by atoms with van der Waals surface area (Å²) in [7, 11) is 0. The fraction of sp³-hybridized carbons (Fsp3) is 0.870. The lowest BCUT2D eigenvalue weighted by Gasteiger charge is -2.24. The zero-order valence-electron chi connectivity index (χ0n) is 17.8. The summed E-state index contributed by atoms with van der Waals surface area (Å²) >= 11 is 0. The molecule has 0 aromatic heterocycles. The van der Waals surface area contributed by atoms with Crippen LogP contribution in [0.1, 0.15) is 112 Å². The highest BCUT2D eigenvalue weighted by atomic mass is 19.1. The molecule has 0 radical (unpaired) electrons. The van der Waals surface area contributed by atoms with Gasteiger partial charge < -0.3 is 4.74 Å². The Morgan fingerprint density at radius 1 is 1.19 bits per heavy atom. The molecular formula is C23H41FO2. The first-order valence-electron chi connectivity index (χ1n) is 10.8. The van der Waals surface area contributed by atoms with Gasteiger partial charge in [0, 0.05) is 12.8 Å². The molecule has 3 heteroatoms. The first-order valence-corrected chi connectivity index (χ1v) is 10.8. The van der Waals surface area contributed by atoms with E-state index in [0.717, 1.165) is 56.9 Å². The minimum Gasteiger partial charge on any atom is -0.460 e. The van der Waals surface area contributed by atoms with Crippen LogP contribution in [0.2, 0.25) is 0 Å². The van der Waals surface area contributed by atoms with Crippen LogP contribution in [0.25, 0.3) is 0 Å². The van der Waals surface area contributed by atoms with Crippen LogP contribution in [0, 0.1) is 11.8 Å². The van der Waals surface area contributed by atoms with Crippen molar-refractivity contribution in [2.24, 2.45) is 11.8 Å². The minimum atomic E-state index is -0.427. The molecule has 1 saturated carbocycles. The molecule has 2 atom stereocenters. The fourth-order valence-electron chi connectivity index (χ4n) is 3.85. The first kappa shape index (κ1) is 23.2. The van der Waals surface area contributed by atoms with E-state index >= 15 is 0 Å². The number of hydrogen-bond donors (Lipinski definition) is 0. The second kappa shape index (κ2) is 11.8. The molecule has 1 rings (SSSR count). The van der Waals surface area contributed by atoms with Crippen molar-refractivity contribution in [1.82, 2.24) is 0 Å². The number of unbranched alkanes of at least 4 members (excludes halogenated alkanes) is 1. The van der Waals surface area contributed by atoms with Crippen LogP contribution in [0.3, 0.4) is 0 Å². The summed E-state index contributed by atoms with van der Waals surface area (Å²) in [6.07, 6.45) is 11.4. The monoisotopic (exact) mass is 368 g/mol. The summed E-state index contributed by atoms with van der Waals surface area (Å²) in [5, 5.41) is 0. The molecule has 0 N–H and O–H groups in total. The SMILES string of the molecule is CCCCC(CC)C/C(F)=C1\CCCCC(CC(=O)OC(C)(C)C)CC1. The van der Waals surface area contributed by atoms with E-state index in [1.54, 1.807) is 0 Å². The van der Waals surface area contributed by atoms with Gasteiger partial charge in [0.05, 0.1) is 5.83 Å². The largest absolute Gasteiger partial charge is 0.460 e. The quantitative estimate of drug-likeness (QED) is 0.414. The van der Waals surface area contributed by atoms with E-state index < -0.39 is 5.60 Å². The molecule has 0 heterocycles. The van der Waals surface area contributed by atoms with E-state index in [9.17, 15) is 9.18 Å². The summed E-state index contributed by atoms with van der Waals surface area (Å²) < 4.78 is 20.3. The Kier molecular flexibility index (Phi) is 10.5. The molecule has 0 amide bonds. The van der Waals surface area contributed by atoms with Gasteiger partial charge in [-0.15, -0.1) is 0 Å². The number of esters is 1. The van der Waals surface area contributed by atoms with Crippen molar-refractivity contribution in [1.29, 1.82) is 0 Å². The third kappa shape index (κ3) is 9.73. The molecule has 2 nitrogen and oxygen atoms in total. The lowest BCUT2D eigenvalue weighted by molar-refractivity contribution is -0.156. The number of ether oxygens (including phenoxy) is 1. The van der Waals surface area contributed by atoms with Crippen LogP contribution < -0.4 is 0 Å². The highest BCUT2D eigenvalue weighted by molar-refractivity contribution is 5.70. The molecule has 1 aliphatic carbocycles. The third-order valence-electron chi connectivity index (χ3n) is 5.47. The van der Waals surface area contributed by atoms with Gasteiger partial charge >= 0.3 is 5.97 Å². The lowest BCUT2D eigenvalue weighted by Crippen LogP contribution is -2.25. The predicted molar refractivity (Wildman–Crippen MR) is 108 cm³/mol. The standard InChI is InChI=1S/C23H41FO2/c1-6-8-11-18(7-2)16-21(24)20-13-10-9-12-19(14-15-20)17-22(25)26-23(3,4)5/h18-19H,6-17H2,1-5H3/b21-20-. The molecule has 2 unspecified atom stereocenters. The van der Waals surface area contributed by atoms with Crippen LogP contribution in [-0.4, -0.2) is 11.6 Å². The van der Waals surface area contributed by atoms with Crippen molar-refractivity contribution in [3.8, 4) is 0 Å². The van der Waals surface area contributed by atoms with Gasteiger partial charge in [0.2, 0.25) is 0 Å². The molecule has 152 valence electrons. The number of hydrogen-bond acceptors (Lipinski definition) is 2. The molecular weight excluding hydrogens is 327 g/mol. The molecule has 26 heavy (non-hydrogen) atoms. The second-order valence-electron chi connectivity index (χ2n) is 9.07. The minimum absolute atomic E-state index is 0.111. The Morgan fingerprint density at radius 2 is 1.92 bits per heavy atom. The molecule has 0 aromatic rings. The number of carbonyl (C=O) groups excluding carboxylic acids is 1. The van der Waals surface area contributed by atoms with E-state index in [1.807, 2.05) is 20.8 Å². The Bertz CT molecular complexity index is 448. The summed E-state index contributed by atoms with van der Waals surface area (Å²) in [6, 6.07) is 0. The Morgan fingerprint density at radius 3 is 2.54 bits per heavy atom. The predicted octanol–water partition coefficient (Wildman–Crippen LogP) is 7.52. The van der Waals surface area contributed by atoms with Crippen molar-refractivity contribution in [2.75, 3.05) is 0 Å². The van der Waals surface area contributed by atoms with Crippen LogP contribution >= 0.6 is 0 Å². The molecule has 0 aliphatic heterocycles. The van der Waals surface area contributed by atoms with Gasteiger partial charge in [-0.2, -0.15) is 0 Å². The lowest BCUT2D eigenvalue weighted by atomic mass is 9.85. The number of allylic oxidation sites excluding steroid dienone is 2. The van der Waals surface area contributed by atoms with Crippen LogP contribution in [0.4, 0.5) is 4.39 Å². The topological polar surface area (TPSA) is 26.3 Å². The molecule has 0 spiro atoms. The van der Waals surface area contributed by atoms with Gasteiger partial charge in [-0.1, -0.05) is 46.0 Å². The normalized spacial score (nSPS) is 22.3. The smallest absolute Gasteiger partial charge is 0.306 e. The number of carbonyl (C=O) groups is 1. The van der Waals surface area contributed by atoms with Gasteiger partial charge in [0.1, 0.15) is 5.60 Å². The molecule has 1 aliphatic rings. The van der Waals surface area contributed by atoms with E-state index in [4.69, 9.17) is 4.74 Å². The van der Waals surface area contributed by atoms with Gasteiger partial charge in [-0.3, -0.25) is 4.79 Å². The van der Waals surface area contributed by atoms with Gasteiger partial charge in [-0.05, 0) is 70.3 Å². The maximum absolute atomic E-state index is 14.9. The molecule has 0 aromatic carbocycles. The number of halogens is 1. The van der Waals surface area contributed by atoms with Crippen molar-refractivity contribution < 1.29 is 13.9 Å². The van der Waals surface area contributed by atoms with E-state index in [0.29, 0.717) is 24.7 Å². The summed E-state index contributed by atoms with van der Waals surface area (Å²) in [4.78, 5) is 12.1. The zero-order chi connectivity index (χ0) is 19.6. The summed E-state index contributed by atoms with van der Waals surface area (Å²) in [5.74, 6) is 0.839. The van der Waals surface area contributed by atoms with Crippen molar-refractivity contribution >= 4 is 5.97 Å². The summed E-state index contributed by atoms with van der Waals surface area (Å²) in [6.45, 7) is 10.1. The van der Waals surface area contributed by atoms with E-state index in [1.165, 1.54) is 12.8 Å². The second-order valence-corrected chi connectivity index (χ2v) is 9.07. The van der Waals surface area contributed by atoms with Crippen molar-refractivity contribution in [2.45, 2.75) is 117 Å². The molecule has 1 fully saturated rings. The Balaban J connectivity index is 2.60. The molecule has 0 bridgehead atoms. The highest BCUT2D eigenvalue weighted by Crippen LogP contribution is 2.33. The van der Waals surface area contributed by atoms with Crippen molar-refractivity contribution in [3.63, 3.8) is 0 Å². The van der Waals surface area contributed by atoms with Crippen LogP contribution in [0.5, 0.6) is 0 Å². The maximum atomic E-state index is 14.9. The average molecular weight is 369 g/mol. The van der Waals surface area contributed by atoms with Gasteiger partial charge in [0.15, 0.2) is 0 Å². The highest BCUT2D eigenvalue weighted by Gasteiger charge is 2.23. The molecule has 0 saturated heterocycles. The third-order valence-corrected chi connectivity index (χ3v) is 5.47. The number of rotatable bonds is 8. The van der Waals surface area contributed by atoms with Gasteiger partial charge in [-0.25, -0.2) is 4.39 Å². The van der Waals surface area contributed by atoms with E-state index in [-0.39, 0.29) is 11.8 Å². The van der Waals surface area contributed by atoms with Crippen LogP contribution in [0.15, 0.2) is 11.4 Å². The van der Waals surface area contributed by atoms with Crippen molar-refractivity contribution in [3.05, 3.63) is 11.4 Å².